The number of aromatic nitrogens is 2. The first-order chi connectivity index (χ1) is 67.9. The molecule has 0 bridgehead atoms. The van der Waals surface area contributed by atoms with Crippen LogP contribution in [0.4, 0.5) is 34.1 Å². The van der Waals surface area contributed by atoms with E-state index in [1.165, 1.54) is 9.13 Å². The van der Waals surface area contributed by atoms with E-state index in [-0.39, 0.29) is 150 Å². The van der Waals surface area contributed by atoms with E-state index in [4.69, 9.17) is 0 Å². The molecule has 0 N–H and O–H groups in total. The first-order valence-corrected chi connectivity index (χ1v) is 40.8. The van der Waals surface area contributed by atoms with Gasteiger partial charge in [-0.25, -0.2) is 0 Å². The van der Waals surface area contributed by atoms with Gasteiger partial charge in [0.2, 0.25) is 0 Å². The summed E-state index contributed by atoms with van der Waals surface area (Å²) in [7, 11) is 0. The van der Waals surface area contributed by atoms with Crippen LogP contribution in [0, 0.1) is 37.9 Å². The maximum absolute atomic E-state index is 11.2. The standard InChI is InChI=1S/C113H121BN4/c1-107(2,3)66-73-34-30-38-80(54-73)90-58-77(70-111(13,14)15)59-91(81-39-31-35-74(55-81)67-108(4,5)6)105(90)117-100-64-84(115-96-46-26-22-42-86(96)87-43-23-27-47-97(87)115)50-52-94(100)114-95-53-51-85(116-98-48-28-24-44-88(98)89-45-25-29-49-99(89)116)65-101(95)118(103-63-79(72-113(19,20)21)62-102(117)104(103)114)106-92(82-40-32-36-75(56-82)68-109(7,8)9)60-78(71-112(16,17)18)61-93(106)83-41-33-37-76(57-83)69-110(10,11)12/h22-65H,66-72H2,1-21H3/i22D,23D,24D,25D,26D,27D,28D,29D,42D,43D,44D,45D,46D,47D,48D,49D,66D2,67D2,68D2,69D2,70D2,71D2,72D2. The monoisotopic (exact) mass is 1580 g/mol. The van der Waals surface area contributed by atoms with Crippen molar-refractivity contribution in [3.63, 3.8) is 0 Å². The first kappa shape index (κ1) is 51.5. The van der Waals surface area contributed by atoms with Crippen molar-refractivity contribution in [2.75, 3.05) is 9.80 Å². The van der Waals surface area contributed by atoms with Crippen LogP contribution < -0.4 is 26.2 Å². The average Bonchev–Trinajstić information content (AvgIpc) is 0.839. The number of rotatable bonds is 15. The summed E-state index contributed by atoms with van der Waals surface area (Å²) < 4.78 is 304. The SMILES string of the molecule is [2H]c1c([2H])c([2H])c2c(c1[2H])c1c([2H])c([2H])c([2H])c([2H])c1n2-c1ccc2c(c1)N(c1c(-c3cccc(C([2H])([2H])C(C)(C)C)c3)cc(C([2H])([2H])C(C)(C)C)cc1-c1cccc(C([2H])([2H])C(C)(C)C)c1)c1cc(C([2H])([2H])C(C)(C)C)cc3c1B2c1ccc(-n2c4c([2H])c([2H])c([2H])c([2H])c4c4c([2H])c([2H])c([2H])c([2H])c42)cc1N3c1c(-c2cccc(C([2H])([2H])C(C)(C)C)c2)cc(C([2H])([2H])C(C)(C)C)cc1-c1cccc(C([2H])([2H])C(C)(C)C)c1. The lowest BCUT2D eigenvalue weighted by Crippen LogP contribution is -2.61. The van der Waals surface area contributed by atoms with E-state index in [2.05, 4.69) is 0 Å². The van der Waals surface area contributed by atoms with Crippen molar-refractivity contribution < 1.29 is 41.1 Å². The molecule has 596 valence electrons. The molecule has 0 saturated heterocycles. The lowest BCUT2D eigenvalue weighted by Gasteiger charge is -2.46. The average molecular weight is 1580 g/mol. The Morgan fingerprint density at radius 3 is 0.771 bits per heavy atom. The number of nitrogens with zero attached hydrogens (tertiary/aromatic N) is 4. The molecule has 0 saturated carbocycles. The number of benzene rings is 13. The summed E-state index contributed by atoms with van der Waals surface area (Å²) in [6.07, 6.45) is -15.8. The highest BCUT2D eigenvalue weighted by Crippen LogP contribution is 2.56. The van der Waals surface area contributed by atoms with Crippen molar-refractivity contribution in [1.29, 1.82) is 0 Å². The van der Waals surface area contributed by atoms with Crippen LogP contribution in [-0.2, 0) is 44.6 Å². The zero-order valence-corrected chi connectivity index (χ0v) is 71.5. The summed E-state index contributed by atoms with van der Waals surface area (Å²) >= 11 is 0. The van der Waals surface area contributed by atoms with Gasteiger partial charge >= 0.3 is 0 Å². The van der Waals surface area contributed by atoms with Gasteiger partial charge in [0.15, 0.2) is 0 Å². The van der Waals surface area contributed by atoms with Gasteiger partial charge in [-0.15, -0.1) is 0 Å². The maximum atomic E-state index is 11.2. The van der Waals surface area contributed by atoms with Crippen molar-refractivity contribution in [2.45, 2.75) is 190 Å². The molecule has 4 nitrogen and oxygen atoms in total. The van der Waals surface area contributed by atoms with Gasteiger partial charge in [0.05, 0.1) is 55.4 Å². The second-order valence-corrected chi connectivity index (χ2v) is 38.9. The summed E-state index contributed by atoms with van der Waals surface area (Å²) in [6, 6.07) is 36.9. The summed E-state index contributed by atoms with van der Waals surface area (Å²) in [4.78, 5) is 3.75. The van der Waals surface area contributed by atoms with Crippen LogP contribution in [-0.4, -0.2) is 15.8 Å². The second kappa shape index (κ2) is 29.6. The van der Waals surface area contributed by atoms with Gasteiger partial charge in [0.1, 0.15) is 0 Å². The summed E-state index contributed by atoms with van der Waals surface area (Å²) in [6.45, 7) is 35.6. The topological polar surface area (TPSA) is 16.3 Å². The Labute approximate surface area is 747 Å². The number of hydrogen-bond donors (Lipinski definition) is 0. The smallest absolute Gasteiger partial charge is 0.252 e. The molecule has 0 radical (unpaired) electrons. The van der Waals surface area contributed by atoms with Crippen molar-refractivity contribution >= 4 is 101 Å². The molecule has 2 aliphatic heterocycles. The van der Waals surface area contributed by atoms with E-state index in [9.17, 15) is 41.1 Å². The quantitative estimate of drug-likeness (QED) is 0.0951. The summed E-state index contributed by atoms with van der Waals surface area (Å²) in [5.74, 6) is 0. The lowest BCUT2D eigenvalue weighted by atomic mass is 9.33. The third-order valence-corrected chi connectivity index (χ3v) is 20.6. The van der Waals surface area contributed by atoms with Gasteiger partial charge in [-0.2, -0.15) is 0 Å². The fourth-order valence-electron chi connectivity index (χ4n) is 17.0. The van der Waals surface area contributed by atoms with Crippen molar-refractivity contribution in [2.24, 2.45) is 37.9 Å². The molecule has 0 fully saturated rings. The largest absolute Gasteiger partial charge is 0.310 e. The molecule has 5 heteroatoms. The number of hydrogen-bond acceptors (Lipinski definition) is 2. The van der Waals surface area contributed by atoms with E-state index in [0.29, 0.717) is 38.6 Å². The molecule has 118 heavy (non-hydrogen) atoms. The van der Waals surface area contributed by atoms with Crippen molar-refractivity contribution in [1.82, 2.24) is 9.13 Å². The third kappa shape index (κ3) is 16.1. The van der Waals surface area contributed by atoms with Crippen LogP contribution in [0.2, 0.25) is 0 Å². The minimum absolute atomic E-state index is 0.00214. The molecule has 0 spiro atoms. The van der Waals surface area contributed by atoms with Crippen LogP contribution in [0.5, 0.6) is 0 Å². The number of anilines is 6. The van der Waals surface area contributed by atoms with Gasteiger partial charge in [-0.05, 0) is 245 Å². The Hall–Kier alpha value is -10.9. The fraction of sp³-hybridized carbons (Fsp3) is 0.310. The Morgan fingerprint density at radius 2 is 0.508 bits per heavy atom. The van der Waals surface area contributed by atoms with Crippen molar-refractivity contribution in [3.05, 3.63) is 305 Å². The van der Waals surface area contributed by atoms with Gasteiger partial charge in [0.25, 0.3) is 6.71 Å². The predicted octanol–water partition coefficient (Wildman–Crippen LogP) is 29.8. The minimum atomic E-state index is -2.56. The highest BCUT2D eigenvalue weighted by Gasteiger charge is 2.47. The molecule has 0 amide bonds. The number of fused-ring (bicyclic) bond motifs is 10. The molecular formula is C113H121BN4. The molecule has 13 aromatic carbocycles. The van der Waals surface area contributed by atoms with Crippen LogP contribution in [0.25, 0.3) is 99.5 Å². The van der Waals surface area contributed by atoms with Crippen LogP contribution >= 0.6 is 0 Å². The van der Waals surface area contributed by atoms with E-state index in [0.717, 1.165) is 0 Å². The van der Waals surface area contributed by atoms with E-state index in [1.807, 2.05) is 9.80 Å². The van der Waals surface area contributed by atoms with Crippen molar-refractivity contribution in [3.8, 4) is 55.9 Å². The molecule has 2 aliphatic rings. The highest BCUT2D eigenvalue weighted by molar-refractivity contribution is 7.00. The lowest BCUT2D eigenvalue weighted by molar-refractivity contribution is 0.410. The van der Waals surface area contributed by atoms with Gasteiger partial charge < -0.3 is 18.9 Å². The molecule has 15 aromatic rings. The fourth-order valence-corrected chi connectivity index (χ4v) is 17.0. The van der Waals surface area contributed by atoms with Gasteiger partial charge in [-0.3, -0.25) is 0 Å². The predicted molar refractivity (Wildman–Crippen MR) is 513 cm³/mol. The normalized spacial score (nSPS) is 18.0. The second-order valence-electron chi connectivity index (χ2n) is 38.9. The number of para-hydroxylation sites is 4. The Morgan fingerprint density at radius 1 is 0.263 bits per heavy atom. The Balaban J connectivity index is 1.20. The zero-order valence-electron chi connectivity index (χ0n) is 102. The molecule has 4 heterocycles. The molecule has 2 aromatic heterocycles. The van der Waals surface area contributed by atoms with Crippen LogP contribution in [0.15, 0.2) is 267 Å². The first-order valence-electron chi connectivity index (χ1n) is 55.8. The molecule has 0 unspecified atom stereocenters. The summed E-state index contributed by atoms with van der Waals surface area (Å²) in [5, 5.41) is -1.07. The Kier molecular flexibility index (Phi) is 12.9. The van der Waals surface area contributed by atoms with E-state index in [1.54, 1.807) is 315 Å². The van der Waals surface area contributed by atoms with Gasteiger partial charge in [0, 0.05) is 97.1 Å². The zero-order chi connectivity index (χ0) is 110. The van der Waals surface area contributed by atoms with E-state index >= 15 is 0 Å². The molecular weight excluding hydrogens is 1420 g/mol. The summed E-state index contributed by atoms with van der Waals surface area (Å²) in [5.41, 5.74) is -4.91. The Bertz CT molecular complexity index is 7370. The van der Waals surface area contributed by atoms with E-state index < -0.39 is 186 Å². The van der Waals surface area contributed by atoms with Gasteiger partial charge in [-0.1, -0.05) is 327 Å². The third-order valence-electron chi connectivity index (χ3n) is 20.6. The van der Waals surface area contributed by atoms with Crippen LogP contribution in [0.3, 0.4) is 0 Å². The minimum Gasteiger partial charge on any atom is -0.310 e. The molecule has 0 aliphatic carbocycles. The highest BCUT2D eigenvalue weighted by atomic mass is 15.2. The molecule has 17 rings (SSSR count). The van der Waals surface area contributed by atoms with Crippen LogP contribution in [0.1, 0.15) is 225 Å². The molecule has 0 atom stereocenters. The maximum Gasteiger partial charge on any atom is 0.252 e.